The molecule has 3 amide bonds. The Kier molecular flexibility index (Phi) is 3.94. The SMILES string of the molecule is CNC(=O)N(C)CC1CC1CNC(C)=O. The van der Waals surface area contributed by atoms with Crippen LogP contribution in [0.25, 0.3) is 0 Å². The normalized spacial score (nSPS) is 23.1. The lowest BCUT2D eigenvalue weighted by Gasteiger charge is -2.16. The lowest BCUT2D eigenvalue weighted by Crippen LogP contribution is -2.36. The molecule has 0 heterocycles. The van der Waals surface area contributed by atoms with Gasteiger partial charge in [-0.15, -0.1) is 0 Å². The number of carbonyl (C=O) groups is 2. The Balaban J connectivity index is 2.16. The zero-order valence-corrected chi connectivity index (χ0v) is 9.54. The monoisotopic (exact) mass is 213 g/mol. The van der Waals surface area contributed by atoms with Crippen molar-refractivity contribution in [3.8, 4) is 0 Å². The molecule has 1 fully saturated rings. The molecule has 1 saturated carbocycles. The summed E-state index contributed by atoms with van der Waals surface area (Å²) in [6, 6.07) is -0.0554. The molecule has 0 spiro atoms. The Bertz CT molecular complexity index is 255. The zero-order chi connectivity index (χ0) is 11.4. The zero-order valence-electron chi connectivity index (χ0n) is 9.54. The molecule has 2 N–H and O–H groups in total. The third kappa shape index (κ3) is 3.77. The molecule has 15 heavy (non-hydrogen) atoms. The molecule has 1 rings (SSSR count). The number of hydrogen-bond acceptors (Lipinski definition) is 2. The van der Waals surface area contributed by atoms with Gasteiger partial charge in [0.25, 0.3) is 0 Å². The molecule has 2 atom stereocenters. The first-order valence-electron chi connectivity index (χ1n) is 5.22. The summed E-state index contributed by atoms with van der Waals surface area (Å²) in [5.74, 6) is 1.10. The van der Waals surface area contributed by atoms with Crippen molar-refractivity contribution in [2.75, 3.05) is 27.2 Å². The van der Waals surface area contributed by atoms with Gasteiger partial charge >= 0.3 is 6.03 Å². The van der Waals surface area contributed by atoms with E-state index >= 15 is 0 Å². The van der Waals surface area contributed by atoms with Crippen LogP contribution in [0.15, 0.2) is 0 Å². The van der Waals surface area contributed by atoms with Gasteiger partial charge in [-0.1, -0.05) is 0 Å². The van der Waals surface area contributed by atoms with Gasteiger partial charge in [0.05, 0.1) is 0 Å². The molecule has 0 aromatic rings. The highest BCUT2D eigenvalue weighted by atomic mass is 16.2. The van der Waals surface area contributed by atoms with E-state index in [1.54, 1.807) is 19.0 Å². The van der Waals surface area contributed by atoms with Crippen LogP contribution in [-0.2, 0) is 4.79 Å². The van der Waals surface area contributed by atoms with Crippen LogP contribution in [-0.4, -0.2) is 44.0 Å². The van der Waals surface area contributed by atoms with Crippen molar-refractivity contribution in [3.63, 3.8) is 0 Å². The van der Waals surface area contributed by atoms with Gasteiger partial charge in [-0.05, 0) is 18.3 Å². The fraction of sp³-hybridized carbons (Fsp3) is 0.800. The van der Waals surface area contributed by atoms with E-state index < -0.39 is 0 Å². The first-order chi connectivity index (χ1) is 7.04. The molecule has 0 aromatic heterocycles. The molecule has 0 aliphatic heterocycles. The highest BCUT2D eigenvalue weighted by Gasteiger charge is 2.38. The van der Waals surface area contributed by atoms with Gasteiger partial charge in [-0.2, -0.15) is 0 Å². The van der Waals surface area contributed by atoms with Crippen LogP contribution in [0.4, 0.5) is 4.79 Å². The number of urea groups is 1. The molecule has 1 aliphatic rings. The van der Waals surface area contributed by atoms with E-state index in [1.165, 1.54) is 6.92 Å². The number of amides is 3. The molecule has 2 unspecified atom stereocenters. The van der Waals surface area contributed by atoms with Crippen LogP contribution in [0, 0.1) is 11.8 Å². The summed E-state index contributed by atoms with van der Waals surface area (Å²) in [4.78, 5) is 23.5. The van der Waals surface area contributed by atoms with Crippen molar-refractivity contribution >= 4 is 11.9 Å². The topological polar surface area (TPSA) is 61.4 Å². The van der Waals surface area contributed by atoms with E-state index in [0.29, 0.717) is 11.8 Å². The van der Waals surface area contributed by atoms with Crippen molar-refractivity contribution in [1.29, 1.82) is 0 Å². The summed E-state index contributed by atoms with van der Waals surface area (Å²) >= 11 is 0. The maximum atomic E-state index is 11.2. The fourth-order valence-electron chi connectivity index (χ4n) is 1.68. The van der Waals surface area contributed by atoms with E-state index in [9.17, 15) is 9.59 Å². The lowest BCUT2D eigenvalue weighted by atomic mass is 10.3. The van der Waals surface area contributed by atoms with E-state index in [-0.39, 0.29) is 11.9 Å². The number of rotatable bonds is 4. The maximum absolute atomic E-state index is 11.2. The standard InChI is InChI=1S/C10H19N3O2/c1-7(14)12-5-8-4-9(8)6-13(3)10(15)11-2/h8-9H,4-6H2,1-3H3,(H,11,15)(H,12,14). The third-order valence-electron chi connectivity index (χ3n) is 2.75. The summed E-state index contributed by atoms with van der Waals surface area (Å²) in [6.07, 6.45) is 1.10. The van der Waals surface area contributed by atoms with Crippen molar-refractivity contribution < 1.29 is 9.59 Å². The van der Waals surface area contributed by atoms with Crippen LogP contribution in [0.1, 0.15) is 13.3 Å². The number of nitrogens with one attached hydrogen (secondary N) is 2. The molecular weight excluding hydrogens is 194 g/mol. The van der Waals surface area contributed by atoms with Gasteiger partial charge in [0.15, 0.2) is 0 Å². The van der Waals surface area contributed by atoms with Crippen LogP contribution >= 0.6 is 0 Å². The Morgan fingerprint density at radius 3 is 2.60 bits per heavy atom. The first kappa shape index (κ1) is 11.8. The third-order valence-corrected chi connectivity index (χ3v) is 2.75. The summed E-state index contributed by atoms with van der Waals surface area (Å²) < 4.78 is 0. The average molecular weight is 213 g/mol. The molecule has 0 bridgehead atoms. The van der Waals surface area contributed by atoms with Gasteiger partial charge in [0, 0.05) is 34.1 Å². The number of carbonyl (C=O) groups excluding carboxylic acids is 2. The predicted molar refractivity (Wildman–Crippen MR) is 57.4 cm³/mol. The quantitative estimate of drug-likeness (QED) is 0.692. The number of nitrogens with zero attached hydrogens (tertiary/aromatic N) is 1. The summed E-state index contributed by atoms with van der Waals surface area (Å²) in [5.41, 5.74) is 0. The van der Waals surface area contributed by atoms with Crippen molar-refractivity contribution in [1.82, 2.24) is 15.5 Å². The van der Waals surface area contributed by atoms with Crippen LogP contribution < -0.4 is 10.6 Å². The smallest absolute Gasteiger partial charge is 0.316 e. The minimum Gasteiger partial charge on any atom is -0.356 e. The molecule has 5 heteroatoms. The molecule has 1 aliphatic carbocycles. The predicted octanol–water partition coefficient (Wildman–Crippen LogP) is 0.0298. The molecule has 0 radical (unpaired) electrons. The first-order valence-corrected chi connectivity index (χ1v) is 5.22. The largest absolute Gasteiger partial charge is 0.356 e. The van der Waals surface area contributed by atoms with Crippen molar-refractivity contribution in [2.45, 2.75) is 13.3 Å². The average Bonchev–Trinajstić information content (AvgIpc) is 2.92. The van der Waals surface area contributed by atoms with Gasteiger partial charge < -0.3 is 15.5 Å². The second-order valence-corrected chi connectivity index (χ2v) is 4.13. The molecule has 0 saturated heterocycles. The minimum atomic E-state index is -0.0554. The second kappa shape index (κ2) is 5.00. The Morgan fingerprint density at radius 1 is 1.40 bits per heavy atom. The molecular formula is C10H19N3O2. The maximum Gasteiger partial charge on any atom is 0.316 e. The Morgan fingerprint density at radius 2 is 2.07 bits per heavy atom. The van der Waals surface area contributed by atoms with Gasteiger partial charge in [-0.3, -0.25) is 4.79 Å². The van der Waals surface area contributed by atoms with Crippen molar-refractivity contribution in [3.05, 3.63) is 0 Å². The second-order valence-electron chi connectivity index (χ2n) is 4.13. The minimum absolute atomic E-state index is 0.0142. The Labute approximate surface area is 90.2 Å². The van der Waals surface area contributed by atoms with E-state index in [2.05, 4.69) is 10.6 Å². The highest BCUT2D eigenvalue weighted by Crippen LogP contribution is 2.38. The van der Waals surface area contributed by atoms with E-state index in [0.717, 1.165) is 19.5 Å². The van der Waals surface area contributed by atoms with Crippen LogP contribution in [0.2, 0.25) is 0 Å². The fourth-order valence-corrected chi connectivity index (χ4v) is 1.68. The molecule has 0 aromatic carbocycles. The van der Waals surface area contributed by atoms with Gasteiger partial charge in [-0.25, -0.2) is 4.79 Å². The molecule has 5 nitrogen and oxygen atoms in total. The van der Waals surface area contributed by atoms with Crippen LogP contribution in [0.3, 0.4) is 0 Å². The van der Waals surface area contributed by atoms with Crippen molar-refractivity contribution in [2.24, 2.45) is 11.8 Å². The van der Waals surface area contributed by atoms with Crippen LogP contribution in [0.5, 0.6) is 0 Å². The highest BCUT2D eigenvalue weighted by molar-refractivity contribution is 5.73. The number of hydrogen-bond donors (Lipinski definition) is 2. The summed E-state index contributed by atoms with van der Waals surface area (Å²) in [6.45, 7) is 3.03. The summed E-state index contributed by atoms with van der Waals surface area (Å²) in [7, 11) is 3.41. The summed E-state index contributed by atoms with van der Waals surface area (Å²) in [5, 5.41) is 5.38. The van der Waals surface area contributed by atoms with Gasteiger partial charge in [0.2, 0.25) is 5.91 Å². The Hall–Kier alpha value is -1.26. The lowest BCUT2D eigenvalue weighted by molar-refractivity contribution is -0.119. The van der Waals surface area contributed by atoms with Gasteiger partial charge in [0.1, 0.15) is 0 Å². The molecule has 86 valence electrons. The van der Waals surface area contributed by atoms with E-state index in [1.807, 2.05) is 0 Å². The van der Waals surface area contributed by atoms with E-state index in [4.69, 9.17) is 0 Å².